The molecule has 0 aliphatic rings. The Hall–Kier alpha value is -2.91. The summed E-state index contributed by atoms with van der Waals surface area (Å²) in [5.74, 6) is -0.432. The third-order valence-corrected chi connectivity index (χ3v) is 4.98. The number of halogens is 1. The normalized spacial score (nSPS) is 11.9. The van der Waals surface area contributed by atoms with Crippen LogP contribution in [0.2, 0.25) is 5.02 Å². The molecule has 1 heterocycles. The van der Waals surface area contributed by atoms with Gasteiger partial charge in [0.25, 0.3) is 11.2 Å². The van der Waals surface area contributed by atoms with Crippen LogP contribution in [0.25, 0.3) is 10.9 Å². The lowest BCUT2D eigenvalue weighted by Gasteiger charge is -2.12. The Morgan fingerprint density at radius 3 is 2.81 bits per heavy atom. The Balaban J connectivity index is 1.78. The molecule has 10 heteroatoms. The molecule has 27 heavy (non-hydrogen) atoms. The van der Waals surface area contributed by atoms with E-state index < -0.39 is 16.1 Å². The molecule has 2 aromatic carbocycles. The highest BCUT2D eigenvalue weighted by Gasteiger charge is 2.19. The number of hydrogen-bond acceptors (Lipinski definition) is 6. The van der Waals surface area contributed by atoms with Gasteiger partial charge in [-0.2, -0.15) is 0 Å². The molecule has 0 unspecified atom stereocenters. The second-order valence-corrected chi connectivity index (χ2v) is 7.30. The quantitative estimate of drug-likeness (QED) is 0.290. The molecule has 0 saturated heterocycles. The van der Waals surface area contributed by atoms with Crippen LogP contribution in [0, 0.1) is 10.1 Å². The van der Waals surface area contributed by atoms with Gasteiger partial charge in [0.1, 0.15) is 0 Å². The number of benzene rings is 2. The van der Waals surface area contributed by atoms with E-state index in [1.807, 2.05) is 0 Å². The van der Waals surface area contributed by atoms with Gasteiger partial charge in [0, 0.05) is 12.1 Å². The third-order valence-electron chi connectivity index (χ3n) is 3.67. The molecular weight excluding hydrogens is 392 g/mol. The molecule has 2 N–H and O–H groups in total. The number of H-pyrrole nitrogens is 1. The molecule has 1 aromatic heterocycles. The smallest absolute Gasteiger partial charge is 0.271 e. The maximum Gasteiger partial charge on any atom is 0.271 e. The zero-order valence-corrected chi connectivity index (χ0v) is 15.5. The van der Waals surface area contributed by atoms with Gasteiger partial charge in [-0.25, -0.2) is 4.98 Å². The number of aromatic amines is 1. The molecule has 1 amide bonds. The lowest BCUT2D eigenvalue weighted by molar-refractivity contribution is -0.384. The lowest BCUT2D eigenvalue weighted by atomic mass is 10.2. The van der Waals surface area contributed by atoms with Crippen molar-refractivity contribution in [2.45, 2.75) is 17.3 Å². The summed E-state index contributed by atoms with van der Waals surface area (Å²) in [6.07, 6.45) is 0. The highest BCUT2D eigenvalue weighted by Crippen LogP contribution is 2.28. The minimum atomic E-state index is -0.635. The van der Waals surface area contributed by atoms with Crippen LogP contribution >= 0.6 is 23.4 Å². The van der Waals surface area contributed by atoms with E-state index in [1.165, 1.54) is 18.2 Å². The van der Waals surface area contributed by atoms with Gasteiger partial charge in [0.2, 0.25) is 5.91 Å². The fraction of sp³-hybridized carbons (Fsp3) is 0.118. The first-order chi connectivity index (χ1) is 12.8. The van der Waals surface area contributed by atoms with Crippen LogP contribution in [0.15, 0.2) is 52.4 Å². The van der Waals surface area contributed by atoms with Gasteiger partial charge in [-0.15, -0.1) is 0 Å². The predicted molar refractivity (Wildman–Crippen MR) is 104 cm³/mol. The number of para-hydroxylation sites is 1. The van der Waals surface area contributed by atoms with E-state index in [1.54, 1.807) is 31.2 Å². The Labute approximate surface area is 162 Å². The number of anilines is 1. The molecule has 138 valence electrons. The van der Waals surface area contributed by atoms with Crippen molar-refractivity contribution in [2.24, 2.45) is 0 Å². The molecule has 0 saturated carbocycles. The lowest BCUT2D eigenvalue weighted by Crippen LogP contribution is -2.23. The van der Waals surface area contributed by atoms with Gasteiger partial charge in [-0.3, -0.25) is 19.7 Å². The molecule has 0 spiro atoms. The van der Waals surface area contributed by atoms with Crippen molar-refractivity contribution >= 4 is 51.5 Å². The average molecular weight is 405 g/mol. The minimum absolute atomic E-state index is 0.142. The van der Waals surface area contributed by atoms with E-state index in [0.29, 0.717) is 16.1 Å². The number of nitrogens with one attached hydrogen (secondary N) is 2. The fourth-order valence-electron chi connectivity index (χ4n) is 2.30. The fourth-order valence-corrected chi connectivity index (χ4v) is 3.27. The molecular formula is C17H13ClN4O4S. The molecule has 0 fully saturated rings. The maximum absolute atomic E-state index is 12.4. The zero-order valence-electron chi connectivity index (χ0n) is 13.9. The minimum Gasteiger partial charge on any atom is -0.324 e. The van der Waals surface area contributed by atoms with Gasteiger partial charge in [-0.1, -0.05) is 35.5 Å². The number of hydrogen-bond donors (Lipinski definition) is 2. The summed E-state index contributed by atoms with van der Waals surface area (Å²) in [5.41, 5.74) is 0.189. The number of rotatable bonds is 5. The number of amides is 1. The summed E-state index contributed by atoms with van der Waals surface area (Å²) in [6, 6.07) is 10.7. The van der Waals surface area contributed by atoms with Gasteiger partial charge >= 0.3 is 0 Å². The number of thioether (sulfide) groups is 1. The first kappa shape index (κ1) is 18.9. The van der Waals surface area contributed by atoms with Crippen molar-refractivity contribution in [1.29, 1.82) is 0 Å². The van der Waals surface area contributed by atoms with E-state index in [9.17, 15) is 19.7 Å². The largest absolute Gasteiger partial charge is 0.324 e. The van der Waals surface area contributed by atoms with Crippen molar-refractivity contribution in [2.75, 3.05) is 5.32 Å². The highest BCUT2D eigenvalue weighted by atomic mass is 35.5. The van der Waals surface area contributed by atoms with E-state index in [0.717, 1.165) is 11.8 Å². The second-order valence-electron chi connectivity index (χ2n) is 5.56. The molecule has 0 aliphatic heterocycles. The second kappa shape index (κ2) is 7.77. The number of non-ortho nitro benzene ring substituents is 1. The molecule has 3 rings (SSSR count). The van der Waals surface area contributed by atoms with Crippen molar-refractivity contribution in [3.8, 4) is 0 Å². The Morgan fingerprint density at radius 2 is 2.07 bits per heavy atom. The first-order valence-electron chi connectivity index (χ1n) is 7.75. The summed E-state index contributed by atoms with van der Waals surface area (Å²) in [7, 11) is 0. The standard InChI is InChI=1S/C17H13ClN4O4S/c1-9(15(23)19-14-8-10(22(25)26)6-7-12(14)18)27-17-20-13-5-3-2-4-11(13)16(24)21-17/h2-9H,1H3,(H,19,23)(H,20,21,24)/t9-/m0/s1. The van der Waals surface area contributed by atoms with Gasteiger partial charge in [0.05, 0.1) is 31.8 Å². The highest BCUT2D eigenvalue weighted by molar-refractivity contribution is 8.00. The summed E-state index contributed by atoms with van der Waals surface area (Å²) in [4.78, 5) is 41.8. The summed E-state index contributed by atoms with van der Waals surface area (Å²) in [5, 5.41) is 13.7. The topological polar surface area (TPSA) is 118 Å². The van der Waals surface area contributed by atoms with Gasteiger partial charge < -0.3 is 10.3 Å². The van der Waals surface area contributed by atoms with Crippen molar-refractivity contribution in [3.63, 3.8) is 0 Å². The van der Waals surface area contributed by atoms with Crippen LogP contribution in [0.5, 0.6) is 0 Å². The van der Waals surface area contributed by atoms with E-state index >= 15 is 0 Å². The summed E-state index contributed by atoms with van der Waals surface area (Å²) < 4.78 is 0. The Bertz CT molecular complexity index is 1100. The monoisotopic (exact) mass is 404 g/mol. The molecule has 1 atom stereocenters. The SMILES string of the molecule is C[C@H](Sc1nc2ccccc2c(=O)[nH]1)C(=O)Nc1cc([N+](=O)[O-])ccc1Cl. The first-order valence-corrected chi connectivity index (χ1v) is 9.01. The van der Waals surface area contributed by atoms with Gasteiger partial charge in [-0.05, 0) is 25.1 Å². The van der Waals surface area contributed by atoms with Crippen LogP contribution in [-0.2, 0) is 4.79 Å². The van der Waals surface area contributed by atoms with Crippen LogP contribution in [0.4, 0.5) is 11.4 Å². The van der Waals surface area contributed by atoms with Gasteiger partial charge in [0.15, 0.2) is 5.16 Å². The van der Waals surface area contributed by atoms with E-state index in [2.05, 4.69) is 15.3 Å². The Kier molecular flexibility index (Phi) is 5.43. The van der Waals surface area contributed by atoms with Crippen molar-refractivity contribution in [3.05, 3.63) is 68.0 Å². The molecule has 8 nitrogen and oxygen atoms in total. The Morgan fingerprint density at radius 1 is 1.33 bits per heavy atom. The average Bonchev–Trinajstić information content (AvgIpc) is 2.63. The third kappa shape index (κ3) is 4.26. The summed E-state index contributed by atoms with van der Waals surface area (Å²) >= 11 is 7.05. The number of carbonyl (C=O) groups excluding carboxylic acids is 1. The van der Waals surface area contributed by atoms with Crippen molar-refractivity contribution in [1.82, 2.24) is 9.97 Å². The van der Waals surface area contributed by atoms with Crippen molar-refractivity contribution < 1.29 is 9.72 Å². The number of nitrogens with zero attached hydrogens (tertiary/aromatic N) is 2. The van der Waals surface area contributed by atoms with Crippen LogP contribution in [0.1, 0.15) is 6.92 Å². The number of aromatic nitrogens is 2. The van der Waals surface area contributed by atoms with E-state index in [4.69, 9.17) is 11.6 Å². The number of carbonyl (C=O) groups is 1. The number of nitro benzene ring substituents is 1. The van der Waals surface area contributed by atoms with Crippen LogP contribution in [-0.4, -0.2) is 26.0 Å². The number of fused-ring (bicyclic) bond motifs is 1. The van der Waals surface area contributed by atoms with Crippen LogP contribution < -0.4 is 10.9 Å². The summed E-state index contributed by atoms with van der Waals surface area (Å²) in [6.45, 7) is 1.63. The maximum atomic E-state index is 12.4. The molecule has 0 bridgehead atoms. The predicted octanol–water partition coefficient (Wildman–Crippen LogP) is 3.60. The zero-order chi connectivity index (χ0) is 19.6. The number of nitro groups is 1. The molecule has 0 aliphatic carbocycles. The molecule has 3 aromatic rings. The molecule has 0 radical (unpaired) electrons. The van der Waals surface area contributed by atoms with E-state index in [-0.39, 0.29) is 22.0 Å². The van der Waals surface area contributed by atoms with Crippen LogP contribution in [0.3, 0.4) is 0 Å².